The predicted molar refractivity (Wildman–Crippen MR) is 87.1 cm³/mol. The minimum atomic E-state index is 0.683. The first kappa shape index (κ1) is 13.5. The van der Waals surface area contributed by atoms with Gasteiger partial charge in [0.05, 0.1) is 11.2 Å². The lowest BCUT2D eigenvalue weighted by atomic mass is 10.1. The highest BCUT2D eigenvalue weighted by Crippen LogP contribution is 2.21. The zero-order valence-electron chi connectivity index (χ0n) is 11.8. The largest absolute Gasteiger partial charge is 0.370 e. The third kappa shape index (κ3) is 3.17. The maximum Gasteiger partial charge on any atom is 0.126 e. The second-order valence-electron chi connectivity index (χ2n) is 4.89. The normalized spacial score (nSPS) is 10.7. The van der Waals surface area contributed by atoms with Gasteiger partial charge in [0.25, 0.3) is 0 Å². The van der Waals surface area contributed by atoms with E-state index >= 15 is 0 Å². The van der Waals surface area contributed by atoms with E-state index in [1.807, 2.05) is 42.6 Å². The number of benzene rings is 1. The van der Waals surface area contributed by atoms with Crippen LogP contribution in [0.2, 0.25) is 0 Å². The van der Waals surface area contributed by atoms with Gasteiger partial charge in [-0.15, -0.1) is 0 Å². The van der Waals surface area contributed by atoms with Crippen molar-refractivity contribution in [1.29, 1.82) is 0 Å². The number of hydrogen-bond donors (Lipinski definition) is 2. The summed E-state index contributed by atoms with van der Waals surface area (Å²) in [6.07, 6.45) is 2.81. The average Bonchev–Trinajstić information content (AvgIpc) is 2.55. The Bertz CT molecular complexity index is 725. The minimum Gasteiger partial charge on any atom is -0.370 e. The summed E-state index contributed by atoms with van der Waals surface area (Å²) in [6, 6.07) is 16.2. The van der Waals surface area contributed by atoms with Crippen molar-refractivity contribution in [2.75, 3.05) is 18.4 Å². The summed E-state index contributed by atoms with van der Waals surface area (Å²) in [5.74, 6) is 0.876. The molecule has 0 saturated carbocycles. The molecule has 3 aromatic rings. The summed E-state index contributed by atoms with van der Waals surface area (Å²) in [4.78, 5) is 9.15. The van der Waals surface area contributed by atoms with E-state index in [4.69, 9.17) is 5.73 Å². The van der Waals surface area contributed by atoms with Crippen LogP contribution in [0.1, 0.15) is 6.42 Å². The van der Waals surface area contributed by atoms with Crippen molar-refractivity contribution < 1.29 is 0 Å². The van der Waals surface area contributed by atoms with Crippen LogP contribution in [0.4, 0.5) is 5.82 Å². The summed E-state index contributed by atoms with van der Waals surface area (Å²) in [5, 5.41) is 4.33. The van der Waals surface area contributed by atoms with E-state index < -0.39 is 0 Å². The highest BCUT2D eigenvalue weighted by Gasteiger charge is 2.03. The van der Waals surface area contributed by atoms with Crippen molar-refractivity contribution in [1.82, 2.24) is 9.97 Å². The van der Waals surface area contributed by atoms with Crippen LogP contribution in [-0.2, 0) is 0 Å². The molecule has 0 unspecified atom stereocenters. The van der Waals surface area contributed by atoms with E-state index in [9.17, 15) is 0 Å². The highest BCUT2D eigenvalue weighted by atomic mass is 15.0. The fraction of sp³-hybridized carbons (Fsp3) is 0.176. The molecule has 3 N–H and O–H groups in total. The molecular weight excluding hydrogens is 260 g/mol. The molecule has 1 aromatic carbocycles. The van der Waals surface area contributed by atoms with Crippen molar-refractivity contribution in [3.8, 4) is 11.3 Å². The van der Waals surface area contributed by atoms with Gasteiger partial charge in [-0.3, -0.25) is 4.98 Å². The van der Waals surface area contributed by atoms with Crippen LogP contribution < -0.4 is 11.1 Å². The molecule has 0 aliphatic heterocycles. The third-order valence-electron chi connectivity index (χ3n) is 3.33. The van der Waals surface area contributed by atoms with E-state index in [1.54, 1.807) is 0 Å². The smallest absolute Gasteiger partial charge is 0.126 e. The second kappa shape index (κ2) is 6.33. The molecular formula is C17H18N4. The van der Waals surface area contributed by atoms with E-state index in [-0.39, 0.29) is 0 Å². The Hall–Kier alpha value is -2.46. The number of fused-ring (bicyclic) bond motifs is 1. The molecule has 0 aliphatic carbocycles. The molecule has 3 rings (SSSR count). The van der Waals surface area contributed by atoms with Crippen molar-refractivity contribution in [2.24, 2.45) is 5.73 Å². The molecule has 0 aliphatic rings. The molecule has 21 heavy (non-hydrogen) atoms. The lowest BCUT2D eigenvalue weighted by molar-refractivity contribution is 0.871. The Morgan fingerprint density at radius 3 is 2.71 bits per heavy atom. The molecule has 2 aromatic heterocycles. The Morgan fingerprint density at radius 1 is 1.05 bits per heavy atom. The first-order valence-corrected chi connectivity index (χ1v) is 7.13. The molecule has 4 heteroatoms. The number of anilines is 1. The highest BCUT2D eigenvalue weighted by molar-refractivity contribution is 5.83. The number of hydrogen-bond acceptors (Lipinski definition) is 4. The molecule has 2 heterocycles. The molecule has 0 atom stereocenters. The Labute approximate surface area is 124 Å². The van der Waals surface area contributed by atoms with Crippen molar-refractivity contribution in [3.63, 3.8) is 0 Å². The topological polar surface area (TPSA) is 63.8 Å². The zero-order valence-corrected chi connectivity index (χ0v) is 11.8. The Kier molecular flexibility index (Phi) is 4.07. The number of aromatic nitrogens is 2. The lowest BCUT2D eigenvalue weighted by Gasteiger charge is -2.07. The first-order chi connectivity index (χ1) is 10.4. The molecule has 0 spiro atoms. The molecule has 0 fully saturated rings. The number of nitrogens with zero attached hydrogens (tertiary/aromatic N) is 2. The van der Waals surface area contributed by atoms with E-state index in [0.717, 1.165) is 40.9 Å². The van der Waals surface area contributed by atoms with Gasteiger partial charge in [0, 0.05) is 23.7 Å². The van der Waals surface area contributed by atoms with E-state index in [1.165, 1.54) is 0 Å². The van der Waals surface area contributed by atoms with Gasteiger partial charge >= 0.3 is 0 Å². The number of rotatable bonds is 5. The Balaban J connectivity index is 1.92. The quantitative estimate of drug-likeness (QED) is 0.704. The monoisotopic (exact) mass is 278 g/mol. The molecule has 0 amide bonds. The van der Waals surface area contributed by atoms with Gasteiger partial charge in [0.1, 0.15) is 5.82 Å². The minimum absolute atomic E-state index is 0.683. The van der Waals surface area contributed by atoms with Gasteiger partial charge in [-0.25, -0.2) is 4.98 Å². The zero-order chi connectivity index (χ0) is 14.5. The number of nitrogens with two attached hydrogens (primary N) is 1. The second-order valence-corrected chi connectivity index (χ2v) is 4.89. The van der Waals surface area contributed by atoms with Gasteiger partial charge < -0.3 is 11.1 Å². The standard InChI is InChI=1S/C17H18N4/c18-9-4-10-19-17-8-7-14-12-20-15(11-16(14)21-17)13-5-2-1-3-6-13/h1-3,5-8,11-12H,4,9-10,18H2,(H,19,21). The molecule has 0 radical (unpaired) electrons. The van der Waals surface area contributed by atoms with Gasteiger partial charge in [0.15, 0.2) is 0 Å². The number of pyridine rings is 2. The fourth-order valence-corrected chi connectivity index (χ4v) is 2.20. The maximum atomic E-state index is 5.50. The van der Waals surface area contributed by atoms with Crippen LogP contribution in [0.5, 0.6) is 0 Å². The molecule has 0 bridgehead atoms. The van der Waals surface area contributed by atoms with Crippen LogP contribution in [0.15, 0.2) is 54.7 Å². The first-order valence-electron chi connectivity index (χ1n) is 7.13. The fourth-order valence-electron chi connectivity index (χ4n) is 2.20. The maximum absolute atomic E-state index is 5.50. The molecule has 0 saturated heterocycles. The SMILES string of the molecule is NCCCNc1ccc2cnc(-c3ccccc3)cc2n1. The van der Waals surface area contributed by atoms with Crippen LogP contribution in [0.25, 0.3) is 22.2 Å². The lowest BCUT2D eigenvalue weighted by Crippen LogP contribution is -2.09. The van der Waals surface area contributed by atoms with Crippen LogP contribution in [0.3, 0.4) is 0 Å². The van der Waals surface area contributed by atoms with E-state index in [2.05, 4.69) is 27.4 Å². The summed E-state index contributed by atoms with van der Waals surface area (Å²) < 4.78 is 0. The van der Waals surface area contributed by atoms with Crippen LogP contribution >= 0.6 is 0 Å². The van der Waals surface area contributed by atoms with Crippen molar-refractivity contribution in [3.05, 3.63) is 54.7 Å². The summed E-state index contributed by atoms with van der Waals surface area (Å²) in [7, 11) is 0. The molecule has 106 valence electrons. The average molecular weight is 278 g/mol. The van der Waals surface area contributed by atoms with Gasteiger partial charge in [-0.1, -0.05) is 30.3 Å². The van der Waals surface area contributed by atoms with Gasteiger partial charge in [-0.2, -0.15) is 0 Å². The van der Waals surface area contributed by atoms with E-state index in [0.29, 0.717) is 6.54 Å². The third-order valence-corrected chi connectivity index (χ3v) is 3.33. The van der Waals surface area contributed by atoms with Crippen LogP contribution in [0, 0.1) is 0 Å². The Morgan fingerprint density at radius 2 is 1.90 bits per heavy atom. The van der Waals surface area contributed by atoms with Crippen molar-refractivity contribution in [2.45, 2.75) is 6.42 Å². The molecule has 4 nitrogen and oxygen atoms in total. The summed E-state index contributed by atoms with van der Waals surface area (Å²) >= 11 is 0. The predicted octanol–water partition coefficient (Wildman–Crippen LogP) is 3.06. The summed E-state index contributed by atoms with van der Waals surface area (Å²) in [5.41, 5.74) is 8.48. The van der Waals surface area contributed by atoms with Crippen molar-refractivity contribution >= 4 is 16.7 Å². The van der Waals surface area contributed by atoms with Gasteiger partial charge in [0.2, 0.25) is 0 Å². The number of nitrogens with one attached hydrogen (secondary N) is 1. The summed E-state index contributed by atoms with van der Waals surface area (Å²) in [6.45, 7) is 1.52. The van der Waals surface area contributed by atoms with Gasteiger partial charge in [-0.05, 0) is 31.2 Å². The van der Waals surface area contributed by atoms with Crippen LogP contribution in [-0.4, -0.2) is 23.1 Å².